The quantitative estimate of drug-likeness (QED) is 0.539. The number of hydrogen-bond donors (Lipinski definition) is 0. The average Bonchev–Trinajstić information content (AvgIpc) is 2.15. The van der Waals surface area contributed by atoms with Crippen molar-refractivity contribution in [1.29, 1.82) is 0 Å². The highest BCUT2D eigenvalue weighted by molar-refractivity contribution is 5.21. The Morgan fingerprint density at radius 3 is 2.25 bits per heavy atom. The van der Waals surface area contributed by atoms with Crippen LogP contribution in [0.1, 0.15) is 40.5 Å². The third-order valence-electron chi connectivity index (χ3n) is 1.30. The summed E-state index contributed by atoms with van der Waals surface area (Å²) < 4.78 is 0. The van der Waals surface area contributed by atoms with E-state index >= 15 is 0 Å². The minimum atomic E-state index is 1.13. The van der Waals surface area contributed by atoms with E-state index in [0.29, 0.717) is 0 Å². The molecule has 0 N–H and O–H groups in total. The molecule has 0 aromatic heterocycles. The zero-order valence-corrected chi connectivity index (χ0v) is 8.93. The van der Waals surface area contributed by atoms with E-state index in [4.69, 9.17) is 0 Å². The SMILES string of the molecule is C=C/C(=C\C=C/C)CCC.CC. The van der Waals surface area contributed by atoms with Gasteiger partial charge < -0.3 is 0 Å². The van der Waals surface area contributed by atoms with Gasteiger partial charge in [-0.3, -0.25) is 0 Å². The summed E-state index contributed by atoms with van der Waals surface area (Å²) in [6.45, 7) is 11.9. The molecule has 0 aliphatic heterocycles. The molecule has 0 aromatic rings. The Bertz CT molecular complexity index is 138. The molecule has 0 saturated heterocycles. The van der Waals surface area contributed by atoms with Gasteiger partial charge in [-0.1, -0.05) is 58.1 Å². The first-order chi connectivity index (χ1) is 5.85. The van der Waals surface area contributed by atoms with Crippen LogP contribution in [0.25, 0.3) is 0 Å². The van der Waals surface area contributed by atoms with Crippen LogP contribution in [0.3, 0.4) is 0 Å². The summed E-state index contributed by atoms with van der Waals surface area (Å²) in [7, 11) is 0. The molecule has 0 spiro atoms. The normalized spacial score (nSPS) is 10.8. The number of rotatable bonds is 4. The molecule has 0 amide bonds. The molecule has 0 fully saturated rings. The van der Waals surface area contributed by atoms with Crippen LogP contribution in [0, 0.1) is 0 Å². The van der Waals surface area contributed by atoms with E-state index in [-0.39, 0.29) is 0 Å². The second-order valence-corrected chi connectivity index (χ2v) is 2.22. The molecule has 0 rings (SSSR count). The first kappa shape index (κ1) is 13.8. The Hall–Kier alpha value is -0.780. The van der Waals surface area contributed by atoms with Gasteiger partial charge >= 0.3 is 0 Å². The van der Waals surface area contributed by atoms with E-state index in [1.54, 1.807) is 0 Å². The van der Waals surface area contributed by atoms with E-state index in [9.17, 15) is 0 Å². The predicted molar refractivity (Wildman–Crippen MR) is 59.4 cm³/mol. The average molecular weight is 166 g/mol. The fraction of sp³-hybridized carbons (Fsp3) is 0.500. The van der Waals surface area contributed by atoms with E-state index in [1.165, 1.54) is 12.0 Å². The molecule has 0 aliphatic rings. The lowest BCUT2D eigenvalue weighted by atomic mass is 10.1. The second kappa shape index (κ2) is 12.9. The van der Waals surface area contributed by atoms with Crippen LogP contribution < -0.4 is 0 Å². The summed E-state index contributed by atoms with van der Waals surface area (Å²) in [4.78, 5) is 0. The molecule has 70 valence electrons. The standard InChI is InChI=1S/C10H16.C2H6/c1-4-7-9-10(6-3)8-5-2;1-2/h4,6-7,9H,3,5,8H2,1-2H3;1-2H3/b7-4-,10-9+;. The van der Waals surface area contributed by atoms with E-state index in [1.807, 2.05) is 39.0 Å². The van der Waals surface area contributed by atoms with Gasteiger partial charge in [0.25, 0.3) is 0 Å². The summed E-state index contributed by atoms with van der Waals surface area (Å²) in [5.74, 6) is 0. The van der Waals surface area contributed by atoms with Crippen LogP contribution in [0.4, 0.5) is 0 Å². The Morgan fingerprint density at radius 1 is 1.33 bits per heavy atom. The lowest BCUT2D eigenvalue weighted by Crippen LogP contribution is -1.74. The van der Waals surface area contributed by atoms with Crippen LogP contribution in [-0.2, 0) is 0 Å². The van der Waals surface area contributed by atoms with Gasteiger partial charge in [0.15, 0.2) is 0 Å². The molecule has 0 saturated carbocycles. The molecule has 0 bridgehead atoms. The van der Waals surface area contributed by atoms with Gasteiger partial charge in [0.1, 0.15) is 0 Å². The molecule has 0 radical (unpaired) electrons. The van der Waals surface area contributed by atoms with Crippen molar-refractivity contribution in [1.82, 2.24) is 0 Å². The van der Waals surface area contributed by atoms with Gasteiger partial charge in [-0.2, -0.15) is 0 Å². The first-order valence-corrected chi connectivity index (χ1v) is 4.79. The van der Waals surface area contributed by atoms with E-state index in [2.05, 4.69) is 19.6 Å². The van der Waals surface area contributed by atoms with Gasteiger partial charge in [-0.25, -0.2) is 0 Å². The molecular formula is C12H22. The van der Waals surface area contributed by atoms with Crippen molar-refractivity contribution < 1.29 is 0 Å². The molecule has 0 unspecified atom stereocenters. The molecule has 12 heavy (non-hydrogen) atoms. The minimum absolute atomic E-state index is 1.13. The fourth-order valence-corrected chi connectivity index (χ4v) is 0.762. The minimum Gasteiger partial charge on any atom is -0.0988 e. The first-order valence-electron chi connectivity index (χ1n) is 4.79. The molecule has 0 atom stereocenters. The molecule has 0 nitrogen and oxygen atoms in total. The Kier molecular flexibility index (Phi) is 14.8. The molecule has 0 heterocycles. The Labute approximate surface area is 77.7 Å². The predicted octanol–water partition coefficient (Wildman–Crippen LogP) is 4.50. The monoisotopic (exact) mass is 166 g/mol. The Balaban J connectivity index is 0. The third kappa shape index (κ3) is 9.22. The Morgan fingerprint density at radius 2 is 1.92 bits per heavy atom. The molecular weight excluding hydrogens is 144 g/mol. The van der Waals surface area contributed by atoms with Crippen molar-refractivity contribution >= 4 is 0 Å². The van der Waals surface area contributed by atoms with Crippen molar-refractivity contribution in [2.75, 3.05) is 0 Å². The highest BCUT2D eigenvalue weighted by Gasteiger charge is 1.84. The van der Waals surface area contributed by atoms with Gasteiger partial charge in [0.05, 0.1) is 0 Å². The van der Waals surface area contributed by atoms with Crippen LogP contribution in [0.2, 0.25) is 0 Å². The molecule has 0 heteroatoms. The maximum atomic E-state index is 3.73. The van der Waals surface area contributed by atoms with Crippen LogP contribution in [-0.4, -0.2) is 0 Å². The summed E-state index contributed by atoms with van der Waals surface area (Å²) in [5, 5.41) is 0. The highest BCUT2D eigenvalue weighted by atomic mass is 13.9. The number of allylic oxidation sites excluding steroid dienone is 5. The van der Waals surface area contributed by atoms with Crippen molar-refractivity contribution in [2.45, 2.75) is 40.5 Å². The van der Waals surface area contributed by atoms with Crippen LogP contribution >= 0.6 is 0 Å². The van der Waals surface area contributed by atoms with Crippen molar-refractivity contribution in [3.05, 3.63) is 36.5 Å². The van der Waals surface area contributed by atoms with Crippen LogP contribution in [0.5, 0.6) is 0 Å². The van der Waals surface area contributed by atoms with Gasteiger partial charge in [-0.05, 0) is 18.9 Å². The van der Waals surface area contributed by atoms with Crippen molar-refractivity contribution in [3.63, 3.8) is 0 Å². The second-order valence-electron chi connectivity index (χ2n) is 2.22. The summed E-state index contributed by atoms with van der Waals surface area (Å²) >= 11 is 0. The lowest BCUT2D eigenvalue weighted by Gasteiger charge is -1.94. The van der Waals surface area contributed by atoms with Crippen molar-refractivity contribution in [3.8, 4) is 0 Å². The fourth-order valence-electron chi connectivity index (χ4n) is 0.762. The van der Waals surface area contributed by atoms with E-state index in [0.717, 1.165) is 6.42 Å². The summed E-state index contributed by atoms with van der Waals surface area (Å²) in [6.07, 6.45) is 10.4. The van der Waals surface area contributed by atoms with Crippen LogP contribution in [0.15, 0.2) is 36.5 Å². The zero-order chi connectivity index (χ0) is 9.82. The lowest BCUT2D eigenvalue weighted by molar-refractivity contribution is 0.927. The maximum absolute atomic E-state index is 3.73. The largest absolute Gasteiger partial charge is 0.0988 e. The van der Waals surface area contributed by atoms with Crippen molar-refractivity contribution in [2.24, 2.45) is 0 Å². The van der Waals surface area contributed by atoms with E-state index < -0.39 is 0 Å². The van der Waals surface area contributed by atoms with Gasteiger partial charge in [0.2, 0.25) is 0 Å². The molecule has 0 aromatic carbocycles. The van der Waals surface area contributed by atoms with Gasteiger partial charge in [-0.15, -0.1) is 0 Å². The topological polar surface area (TPSA) is 0 Å². The number of hydrogen-bond acceptors (Lipinski definition) is 0. The summed E-state index contributed by atoms with van der Waals surface area (Å²) in [6, 6.07) is 0. The summed E-state index contributed by atoms with van der Waals surface area (Å²) in [5.41, 5.74) is 1.32. The maximum Gasteiger partial charge on any atom is -0.0282 e. The third-order valence-corrected chi connectivity index (χ3v) is 1.30. The zero-order valence-electron chi connectivity index (χ0n) is 8.93. The highest BCUT2D eigenvalue weighted by Crippen LogP contribution is 2.04. The van der Waals surface area contributed by atoms with Gasteiger partial charge in [0, 0.05) is 0 Å². The molecule has 0 aliphatic carbocycles. The smallest absolute Gasteiger partial charge is 0.0282 e.